The molecule has 0 spiro atoms. The fourth-order valence-corrected chi connectivity index (χ4v) is 4.50. The molecule has 1 aromatic carbocycles. The summed E-state index contributed by atoms with van der Waals surface area (Å²) in [5.74, 6) is 0.286. The Morgan fingerprint density at radius 2 is 2.12 bits per heavy atom. The minimum Gasteiger partial charge on any atom is -0.353 e. The molecule has 4 rings (SSSR count). The number of thioether (sulfide) groups is 1. The quantitative estimate of drug-likeness (QED) is 0.534. The van der Waals surface area contributed by atoms with Crippen LogP contribution in [0.4, 0.5) is 0 Å². The van der Waals surface area contributed by atoms with Crippen molar-refractivity contribution in [1.29, 1.82) is 0 Å². The third kappa shape index (κ3) is 3.11. The smallest absolute Gasteiger partial charge is 0.278 e. The lowest BCUT2D eigenvalue weighted by atomic mass is 10.2. The molecule has 0 saturated heterocycles. The number of nitrogens with zero attached hydrogens (tertiary/aromatic N) is 2. The van der Waals surface area contributed by atoms with Crippen LogP contribution in [0.25, 0.3) is 21.9 Å². The number of para-hydroxylation sites is 1. The van der Waals surface area contributed by atoms with Crippen LogP contribution in [0.5, 0.6) is 0 Å². The largest absolute Gasteiger partial charge is 0.353 e. The van der Waals surface area contributed by atoms with Gasteiger partial charge in [0.1, 0.15) is 11.0 Å². The van der Waals surface area contributed by atoms with Crippen molar-refractivity contribution in [3.63, 3.8) is 0 Å². The summed E-state index contributed by atoms with van der Waals surface area (Å²) in [5, 5.41) is 4.61. The number of hydrogen-bond donors (Lipinski definition) is 2. The summed E-state index contributed by atoms with van der Waals surface area (Å²) in [5.41, 5.74) is 2.00. The summed E-state index contributed by atoms with van der Waals surface area (Å²) >= 11 is 1.33. The molecule has 136 valence electrons. The lowest BCUT2D eigenvalue weighted by Crippen LogP contribution is -2.34. The summed E-state index contributed by atoms with van der Waals surface area (Å²) in [4.78, 5) is 33.0. The van der Waals surface area contributed by atoms with Crippen molar-refractivity contribution < 1.29 is 4.79 Å². The molecule has 0 unspecified atom stereocenters. The van der Waals surface area contributed by atoms with Crippen molar-refractivity contribution in [1.82, 2.24) is 19.9 Å². The molecule has 0 radical (unpaired) electrons. The van der Waals surface area contributed by atoms with E-state index in [1.807, 2.05) is 31.2 Å². The van der Waals surface area contributed by atoms with E-state index in [1.54, 1.807) is 4.57 Å². The molecule has 2 aromatic heterocycles. The molecule has 1 saturated carbocycles. The van der Waals surface area contributed by atoms with Gasteiger partial charge >= 0.3 is 0 Å². The predicted molar refractivity (Wildman–Crippen MR) is 105 cm³/mol. The molecular weight excluding hydrogens is 348 g/mol. The van der Waals surface area contributed by atoms with Crippen molar-refractivity contribution in [3.05, 3.63) is 34.6 Å². The van der Waals surface area contributed by atoms with E-state index in [-0.39, 0.29) is 17.2 Å². The van der Waals surface area contributed by atoms with Crippen LogP contribution in [0.1, 0.15) is 32.6 Å². The van der Waals surface area contributed by atoms with E-state index in [0.717, 1.165) is 23.7 Å². The fraction of sp³-hybridized carbons (Fsp3) is 0.421. The van der Waals surface area contributed by atoms with Gasteiger partial charge in [-0.1, -0.05) is 42.8 Å². The highest BCUT2D eigenvalue weighted by atomic mass is 32.2. The average molecular weight is 370 g/mol. The molecule has 1 aliphatic carbocycles. The minimum atomic E-state index is -0.0904. The molecule has 3 aromatic rings. The minimum absolute atomic E-state index is 0.0119. The van der Waals surface area contributed by atoms with Crippen molar-refractivity contribution in [3.8, 4) is 0 Å². The maximum absolute atomic E-state index is 12.9. The number of H-pyrrole nitrogens is 1. The maximum atomic E-state index is 12.9. The molecule has 2 heterocycles. The van der Waals surface area contributed by atoms with Crippen LogP contribution < -0.4 is 10.9 Å². The number of carbonyl (C=O) groups is 1. The molecule has 0 atom stereocenters. The summed E-state index contributed by atoms with van der Waals surface area (Å²) in [6, 6.07) is 8.07. The van der Waals surface area contributed by atoms with Gasteiger partial charge in [0.25, 0.3) is 5.56 Å². The van der Waals surface area contributed by atoms with E-state index >= 15 is 0 Å². The molecule has 1 fully saturated rings. The summed E-state index contributed by atoms with van der Waals surface area (Å²) in [7, 11) is 0. The second kappa shape index (κ2) is 7.15. The van der Waals surface area contributed by atoms with Crippen molar-refractivity contribution in [2.75, 3.05) is 5.75 Å². The first kappa shape index (κ1) is 17.1. The van der Waals surface area contributed by atoms with Crippen molar-refractivity contribution >= 4 is 39.6 Å². The van der Waals surface area contributed by atoms with Crippen LogP contribution in [0.3, 0.4) is 0 Å². The average Bonchev–Trinajstić information content (AvgIpc) is 3.28. The molecular formula is C19H22N4O2S. The van der Waals surface area contributed by atoms with Gasteiger partial charge < -0.3 is 10.3 Å². The van der Waals surface area contributed by atoms with Gasteiger partial charge in [0.15, 0.2) is 5.16 Å². The number of hydrogen-bond acceptors (Lipinski definition) is 4. The number of aromatic amines is 1. The highest BCUT2D eigenvalue weighted by Gasteiger charge is 2.19. The van der Waals surface area contributed by atoms with Gasteiger partial charge in [-0.2, -0.15) is 0 Å². The monoisotopic (exact) mass is 370 g/mol. The zero-order valence-corrected chi connectivity index (χ0v) is 15.6. The van der Waals surface area contributed by atoms with Crippen LogP contribution >= 0.6 is 11.8 Å². The second-order valence-corrected chi connectivity index (χ2v) is 7.62. The summed E-state index contributed by atoms with van der Waals surface area (Å²) < 4.78 is 1.63. The zero-order valence-electron chi connectivity index (χ0n) is 14.7. The Morgan fingerprint density at radius 3 is 2.88 bits per heavy atom. The standard InChI is InChI=1S/C19H22N4O2S/c1-2-23-18(25)17-16(13-9-5-6-10-14(13)21-17)22-19(23)26-11-15(24)20-12-7-3-4-8-12/h5-6,9-10,12,21H,2-4,7-8,11H2,1H3,(H,20,24). The van der Waals surface area contributed by atoms with Gasteiger partial charge in [0, 0.05) is 23.5 Å². The lowest BCUT2D eigenvalue weighted by molar-refractivity contribution is -0.119. The van der Waals surface area contributed by atoms with Gasteiger partial charge in [-0.05, 0) is 25.8 Å². The van der Waals surface area contributed by atoms with Crippen LogP contribution in [0.15, 0.2) is 34.2 Å². The van der Waals surface area contributed by atoms with Crippen LogP contribution in [0.2, 0.25) is 0 Å². The van der Waals surface area contributed by atoms with Gasteiger partial charge in [0.05, 0.1) is 5.75 Å². The molecule has 6 nitrogen and oxygen atoms in total. The topological polar surface area (TPSA) is 79.8 Å². The van der Waals surface area contributed by atoms with E-state index in [0.29, 0.717) is 28.8 Å². The third-order valence-corrected chi connectivity index (χ3v) is 5.92. The Balaban J connectivity index is 1.64. The SMILES string of the molecule is CCn1c(SCC(=O)NC2CCCC2)nc2c([nH]c3ccccc32)c1=O. The molecule has 26 heavy (non-hydrogen) atoms. The van der Waals surface area contributed by atoms with Crippen molar-refractivity contribution in [2.24, 2.45) is 0 Å². The van der Waals surface area contributed by atoms with E-state index in [1.165, 1.54) is 24.6 Å². The number of rotatable bonds is 5. The summed E-state index contributed by atoms with van der Waals surface area (Å²) in [6.45, 7) is 2.43. The first-order valence-electron chi connectivity index (χ1n) is 9.10. The van der Waals surface area contributed by atoms with Crippen LogP contribution in [-0.4, -0.2) is 32.2 Å². The number of benzene rings is 1. The molecule has 0 bridgehead atoms. The highest BCUT2D eigenvalue weighted by molar-refractivity contribution is 7.99. The lowest BCUT2D eigenvalue weighted by Gasteiger charge is -2.13. The first-order chi connectivity index (χ1) is 12.7. The van der Waals surface area contributed by atoms with Crippen LogP contribution in [-0.2, 0) is 11.3 Å². The molecule has 1 aliphatic rings. The number of carbonyl (C=O) groups excluding carboxylic acids is 1. The van der Waals surface area contributed by atoms with Crippen LogP contribution in [0, 0.1) is 0 Å². The Labute approximate surface area is 155 Å². The van der Waals surface area contributed by atoms with E-state index in [9.17, 15) is 9.59 Å². The molecule has 7 heteroatoms. The number of nitrogens with one attached hydrogen (secondary N) is 2. The van der Waals surface area contributed by atoms with E-state index < -0.39 is 0 Å². The number of amides is 1. The molecule has 0 aliphatic heterocycles. The zero-order chi connectivity index (χ0) is 18.1. The van der Waals surface area contributed by atoms with Gasteiger partial charge in [0.2, 0.25) is 5.91 Å². The maximum Gasteiger partial charge on any atom is 0.278 e. The number of aromatic nitrogens is 3. The van der Waals surface area contributed by atoms with Gasteiger partial charge in [-0.15, -0.1) is 0 Å². The highest BCUT2D eigenvalue weighted by Crippen LogP contribution is 2.24. The van der Waals surface area contributed by atoms with Gasteiger partial charge in [-0.3, -0.25) is 14.2 Å². The molecule has 1 amide bonds. The third-order valence-electron chi connectivity index (χ3n) is 4.94. The Bertz CT molecular complexity index is 1020. The van der Waals surface area contributed by atoms with Crippen molar-refractivity contribution in [2.45, 2.75) is 50.4 Å². The first-order valence-corrected chi connectivity index (χ1v) is 10.1. The second-order valence-electron chi connectivity index (χ2n) is 6.68. The fourth-order valence-electron chi connectivity index (χ4n) is 3.63. The van der Waals surface area contributed by atoms with E-state index in [4.69, 9.17) is 4.98 Å². The number of fused-ring (bicyclic) bond motifs is 3. The Morgan fingerprint density at radius 1 is 1.35 bits per heavy atom. The normalized spacial score (nSPS) is 15.1. The molecule has 2 N–H and O–H groups in total. The Hall–Kier alpha value is -2.28. The van der Waals surface area contributed by atoms with E-state index in [2.05, 4.69) is 10.3 Å². The predicted octanol–water partition coefficient (Wildman–Crippen LogP) is 3.05. The summed E-state index contributed by atoms with van der Waals surface area (Å²) in [6.07, 6.45) is 4.50. The van der Waals surface area contributed by atoms with Gasteiger partial charge in [-0.25, -0.2) is 4.98 Å². The Kier molecular flexibility index (Phi) is 4.72.